The molecule has 126 valence electrons. The predicted molar refractivity (Wildman–Crippen MR) is 106 cm³/mol. The van der Waals surface area contributed by atoms with Crippen molar-refractivity contribution in [2.45, 2.75) is 25.2 Å². The standard InChI is InChI=1S/C18H21N3OS2/c1-4-13-7-5-6-12(2)16(13)19-18(23)21-20-17(22)14-8-10-15(24-3)11-9-14/h5-11H,4H2,1-3H3,(H,20,22)(H2,19,21,23). The molecule has 3 N–H and O–H groups in total. The van der Waals surface area contributed by atoms with Crippen LogP contribution in [0.3, 0.4) is 0 Å². The van der Waals surface area contributed by atoms with Crippen LogP contribution < -0.4 is 16.2 Å². The quantitative estimate of drug-likeness (QED) is 0.439. The summed E-state index contributed by atoms with van der Waals surface area (Å²) in [7, 11) is 0. The molecule has 2 rings (SSSR count). The molecule has 0 spiro atoms. The van der Waals surface area contributed by atoms with Crippen LogP contribution in [0.4, 0.5) is 5.69 Å². The highest BCUT2D eigenvalue weighted by atomic mass is 32.2. The Kier molecular flexibility index (Phi) is 6.63. The van der Waals surface area contributed by atoms with Crippen molar-refractivity contribution in [1.29, 1.82) is 0 Å². The zero-order valence-corrected chi connectivity index (χ0v) is 15.6. The van der Waals surface area contributed by atoms with Gasteiger partial charge in [-0.25, -0.2) is 0 Å². The highest BCUT2D eigenvalue weighted by molar-refractivity contribution is 7.98. The molecule has 2 aromatic carbocycles. The number of amides is 1. The first-order valence-electron chi connectivity index (χ1n) is 7.65. The SMILES string of the molecule is CCc1cccc(C)c1NC(=S)NNC(=O)c1ccc(SC)cc1. The highest BCUT2D eigenvalue weighted by Crippen LogP contribution is 2.20. The van der Waals surface area contributed by atoms with E-state index in [0.717, 1.165) is 22.6 Å². The Bertz CT molecular complexity index is 730. The van der Waals surface area contributed by atoms with Crippen molar-refractivity contribution in [3.63, 3.8) is 0 Å². The minimum Gasteiger partial charge on any atom is -0.331 e. The average Bonchev–Trinajstić information content (AvgIpc) is 2.61. The van der Waals surface area contributed by atoms with Crippen LogP contribution >= 0.6 is 24.0 Å². The van der Waals surface area contributed by atoms with E-state index in [1.54, 1.807) is 23.9 Å². The van der Waals surface area contributed by atoms with Crippen molar-refractivity contribution < 1.29 is 4.79 Å². The molecule has 0 aliphatic heterocycles. The number of rotatable bonds is 4. The number of aryl methyl sites for hydroxylation is 2. The lowest BCUT2D eigenvalue weighted by molar-refractivity contribution is 0.0944. The van der Waals surface area contributed by atoms with Crippen LogP contribution in [0.1, 0.15) is 28.4 Å². The highest BCUT2D eigenvalue weighted by Gasteiger charge is 2.08. The molecule has 0 unspecified atom stereocenters. The van der Waals surface area contributed by atoms with Gasteiger partial charge in [0.2, 0.25) is 0 Å². The van der Waals surface area contributed by atoms with Crippen molar-refractivity contribution in [2.24, 2.45) is 0 Å². The van der Waals surface area contributed by atoms with E-state index in [0.29, 0.717) is 10.7 Å². The molecule has 0 heterocycles. The van der Waals surface area contributed by atoms with Crippen molar-refractivity contribution in [2.75, 3.05) is 11.6 Å². The Balaban J connectivity index is 1.94. The van der Waals surface area contributed by atoms with E-state index in [2.05, 4.69) is 29.2 Å². The topological polar surface area (TPSA) is 53.2 Å². The average molecular weight is 360 g/mol. The molecule has 4 nitrogen and oxygen atoms in total. The molecule has 0 saturated heterocycles. The summed E-state index contributed by atoms with van der Waals surface area (Å²) in [4.78, 5) is 13.2. The monoisotopic (exact) mass is 359 g/mol. The summed E-state index contributed by atoms with van der Waals surface area (Å²) in [5, 5.41) is 3.51. The lowest BCUT2D eigenvalue weighted by Gasteiger charge is -2.16. The van der Waals surface area contributed by atoms with Gasteiger partial charge in [0.05, 0.1) is 0 Å². The molecule has 6 heteroatoms. The van der Waals surface area contributed by atoms with Gasteiger partial charge < -0.3 is 5.32 Å². The zero-order valence-electron chi connectivity index (χ0n) is 14.0. The molecule has 2 aromatic rings. The predicted octanol–water partition coefficient (Wildman–Crippen LogP) is 3.91. The number of thioether (sulfide) groups is 1. The molecule has 0 radical (unpaired) electrons. The smallest absolute Gasteiger partial charge is 0.269 e. The van der Waals surface area contributed by atoms with E-state index < -0.39 is 0 Å². The summed E-state index contributed by atoms with van der Waals surface area (Å²) >= 11 is 6.91. The molecule has 0 fully saturated rings. The fourth-order valence-electron chi connectivity index (χ4n) is 2.27. The number of carbonyl (C=O) groups is 1. The Labute approximate surface area is 152 Å². The molecule has 0 bridgehead atoms. The van der Waals surface area contributed by atoms with Crippen LogP contribution in [-0.4, -0.2) is 17.3 Å². The third-order valence-corrected chi connectivity index (χ3v) is 4.57. The second-order valence-corrected chi connectivity index (χ2v) is 6.51. The molecule has 24 heavy (non-hydrogen) atoms. The Morgan fingerprint density at radius 2 is 1.83 bits per heavy atom. The van der Waals surface area contributed by atoms with Crippen LogP contribution in [0.2, 0.25) is 0 Å². The number of carbonyl (C=O) groups excluding carboxylic acids is 1. The fourth-order valence-corrected chi connectivity index (χ4v) is 2.84. The summed E-state index contributed by atoms with van der Waals surface area (Å²) in [6.45, 7) is 4.12. The summed E-state index contributed by atoms with van der Waals surface area (Å²) in [5.41, 5.74) is 9.21. The van der Waals surface area contributed by atoms with Gasteiger partial charge in [0.1, 0.15) is 0 Å². The lowest BCUT2D eigenvalue weighted by Crippen LogP contribution is -2.43. The normalized spacial score (nSPS) is 10.1. The molecule has 0 aliphatic rings. The maximum Gasteiger partial charge on any atom is 0.269 e. The Morgan fingerprint density at radius 1 is 1.12 bits per heavy atom. The first kappa shape index (κ1) is 18.3. The fraction of sp³-hybridized carbons (Fsp3) is 0.222. The summed E-state index contributed by atoms with van der Waals surface area (Å²) in [6.07, 6.45) is 2.90. The Morgan fingerprint density at radius 3 is 2.46 bits per heavy atom. The second-order valence-electron chi connectivity index (χ2n) is 5.22. The van der Waals surface area contributed by atoms with Crippen molar-refractivity contribution in [3.05, 3.63) is 59.2 Å². The largest absolute Gasteiger partial charge is 0.331 e. The van der Waals surface area contributed by atoms with E-state index in [1.807, 2.05) is 37.4 Å². The van der Waals surface area contributed by atoms with Gasteiger partial charge >= 0.3 is 0 Å². The zero-order chi connectivity index (χ0) is 17.5. The number of hydrazine groups is 1. The minimum absolute atomic E-state index is 0.229. The van der Waals surface area contributed by atoms with Gasteiger partial charge in [-0.05, 0) is 67.2 Å². The summed E-state index contributed by atoms with van der Waals surface area (Å²) < 4.78 is 0. The molecule has 0 aliphatic carbocycles. The van der Waals surface area contributed by atoms with Crippen molar-refractivity contribution in [3.8, 4) is 0 Å². The summed E-state index contributed by atoms with van der Waals surface area (Å²) in [6, 6.07) is 13.5. The number of thiocarbonyl (C=S) groups is 1. The van der Waals surface area contributed by atoms with Crippen LogP contribution in [0, 0.1) is 6.92 Å². The van der Waals surface area contributed by atoms with Gasteiger partial charge in [0, 0.05) is 16.1 Å². The van der Waals surface area contributed by atoms with Crippen molar-refractivity contribution >= 4 is 40.7 Å². The van der Waals surface area contributed by atoms with Crippen LogP contribution in [-0.2, 0) is 6.42 Å². The third kappa shape index (κ3) is 4.72. The second kappa shape index (κ2) is 8.70. The number of benzene rings is 2. The first-order chi connectivity index (χ1) is 11.5. The molecule has 0 aromatic heterocycles. The van der Waals surface area contributed by atoms with Gasteiger partial charge in [-0.15, -0.1) is 11.8 Å². The van der Waals surface area contributed by atoms with Gasteiger partial charge in [-0.3, -0.25) is 15.6 Å². The van der Waals surface area contributed by atoms with E-state index >= 15 is 0 Å². The van der Waals surface area contributed by atoms with Crippen LogP contribution in [0.5, 0.6) is 0 Å². The lowest BCUT2D eigenvalue weighted by atomic mass is 10.1. The molecule has 1 amide bonds. The first-order valence-corrected chi connectivity index (χ1v) is 9.28. The van der Waals surface area contributed by atoms with E-state index in [1.165, 1.54) is 5.56 Å². The van der Waals surface area contributed by atoms with E-state index in [9.17, 15) is 4.79 Å². The molecule has 0 saturated carbocycles. The van der Waals surface area contributed by atoms with E-state index in [-0.39, 0.29) is 5.91 Å². The molecular formula is C18H21N3OS2. The van der Waals surface area contributed by atoms with Crippen molar-refractivity contribution in [1.82, 2.24) is 10.9 Å². The molecule has 0 atom stereocenters. The number of anilines is 1. The number of hydrogen-bond acceptors (Lipinski definition) is 3. The summed E-state index contributed by atoms with van der Waals surface area (Å²) in [5.74, 6) is -0.229. The van der Waals surface area contributed by atoms with Crippen LogP contribution in [0.15, 0.2) is 47.4 Å². The van der Waals surface area contributed by atoms with Gasteiger partial charge in [-0.1, -0.05) is 25.1 Å². The molecular weight excluding hydrogens is 338 g/mol. The number of hydrogen-bond donors (Lipinski definition) is 3. The number of nitrogens with one attached hydrogen (secondary N) is 3. The number of para-hydroxylation sites is 1. The third-order valence-electron chi connectivity index (χ3n) is 3.62. The minimum atomic E-state index is -0.229. The van der Waals surface area contributed by atoms with Gasteiger partial charge in [-0.2, -0.15) is 0 Å². The maximum atomic E-state index is 12.1. The Hall–Kier alpha value is -2.05. The maximum absolute atomic E-state index is 12.1. The van der Waals surface area contributed by atoms with Gasteiger partial charge in [0.25, 0.3) is 5.91 Å². The van der Waals surface area contributed by atoms with Gasteiger partial charge in [0.15, 0.2) is 5.11 Å². The van der Waals surface area contributed by atoms with Crippen LogP contribution in [0.25, 0.3) is 0 Å². The van der Waals surface area contributed by atoms with E-state index in [4.69, 9.17) is 12.2 Å².